The van der Waals surface area contributed by atoms with Gasteiger partial charge in [-0.2, -0.15) is 9.98 Å². The molecule has 0 aromatic heterocycles. The third kappa shape index (κ3) is 3.22. The fourth-order valence-electron chi connectivity index (χ4n) is 1.51. The molecule has 0 bridgehead atoms. The summed E-state index contributed by atoms with van der Waals surface area (Å²) in [7, 11) is 0. The number of nitrogens with zero attached hydrogens (tertiary/aromatic N) is 2. The first-order valence-electron chi connectivity index (χ1n) is 5.27. The van der Waals surface area contributed by atoms with Gasteiger partial charge in [0.2, 0.25) is 12.2 Å². The second-order valence-corrected chi connectivity index (χ2v) is 4.28. The second-order valence-electron chi connectivity index (χ2n) is 4.28. The molecule has 4 heteroatoms. The number of carbonyl (C=O) groups excluding carboxylic acids is 2. The van der Waals surface area contributed by atoms with E-state index >= 15 is 0 Å². The molecule has 0 amide bonds. The summed E-state index contributed by atoms with van der Waals surface area (Å²) in [6, 6.07) is 7.23. The van der Waals surface area contributed by atoms with Crippen molar-refractivity contribution in [3.8, 4) is 0 Å². The lowest BCUT2D eigenvalue weighted by molar-refractivity contribution is 0.522. The summed E-state index contributed by atoms with van der Waals surface area (Å²) in [6.07, 6.45) is 3.11. The summed E-state index contributed by atoms with van der Waals surface area (Å²) in [6.45, 7) is 5.45. The van der Waals surface area contributed by atoms with E-state index in [1.165, 1.54) is 6.08 Å². The number of aliphatic imine (C=N–C) groups is 2. The Morgan fingerprint density at radius 2 is 1.94 bits per heavy atom. The van der Waals surface area contributed by atoms with Gasteiger partial charge in [0.1, 0.15) is 0 Å². The molecule has 0 radical (unpaired) electrons. The molecule has 0 aliphatic carbocycles. The molecular formula is C13H14N2O2. The Kier molecular flexibility index (Phi) is 4.11. The molecule has 1 atom stereocenters. The quantitative estimate of drug-likeness (QED) is 0.589. The minimum Gasteiger partial charge on any atom is -0.211 e. The molecule has 0 fully saturated rings. The van der Waals surface area contributed by atoms with E-state index in [0.717, 1.165) is 11.1 Å². The molecule has 0 aliphatic rings. The summed E-state index contributed by atoms with van der Waals surface area (Å²) in [4.78, 5) is 28.0. The molecule has 1 aromatic carbocycles. The molecule has 0 heterocycles. The van der Waals surface area contributed by atoms with E-state index in [1.807, 2.05) is 38.1 Å². The summed E-state index contributed by atoms with van der Waals surface area (Å²) < 4.78 is 0. The zero-order chi connectivity index (χ0) is 12.9. The lowest BCUT2D eigenvalue weighted by Crippen LogP contribution is -2.13. The maximum atomic E-state index is 10.4. The standard InChI is InChI=1S/C13H14N2O2/c1-10(14-8-16)11-5-4-6-12(7-11)13(2,3)15-9-17/h4-7,10H,1-3H3. The van der Waals surface area contributed by atoms with Crippen LogP contribution >= 0.6 is 0 Å². The van der Waals surface area contributed by atoms with Crippen molar-refractivity contribution in [3.05, 3.63) is 35.4 Å². The Hall–Kier alpha value is -2.02. The van der Waals surface area contributed by atoms with Gasteiger partial charge >= 0.3 is 0 Å². The Morgan fingerprint density at radius 1 is 1.24 bits per heavy atom. The van der Waals surface area contributed by atoms with Gasteiger partial charge in [-0.1, -0.05) is 24.3 Å². The fourth-order valence-corrected chi connectivity index (χ4v) is 1.51. The zero-order valence-electron chi connectivity index (χ0n) is 10.1. The van der Waals surface area contributed by atoms with Crippen LogP contribution in [0.5, 0.6) is 0 Å². The maximum Gasteiger partial charge on any atom is 0.235 e. The first-order valence-corrected chi connectivity index (χ1v) is 5.27. The van der Waals surface area contributed by atoms with Gasteiger partial charge < -0.3 is 0 Å². The van der Waals surface area contributed by atoms with E-state index in [4.69, 9.17) is 0 Å². The third-order valence-corrected chi connectivity index (χ3v) is 2.65. The maximum absolute atomic E-state index is 10.4. The average molecular weight is 230 g/mol. The zero-order valence-corrected chi connectivity index (χ0v) is 10.1. The molecule has 1 unspecified atom stereocenters. The number of hydrogen-bond acceptors (Lipinski definition) is 4. The number of hydrogen-bond donors (Lipinski definition) is 0. The van der Waals surface area contributed by atoms with Crippen molar-refractivity contribution in [2.24, 2.45) is 9.98 Å². The van der Waals surface area contributed by atoms with Gasteiger partial charge in [-0.05, 0) is 31.9 Å². The van der Waals surface area contributed by atoms with Crippen molar-refractivity contribution >= 4 is 12.2 Å². The van der Waals surface area contributed by atoms with Crippen LogP contribution in [0.15, 0.2) is 34.3 Å². The molecule has 4 nitrogen and oxygen atoms in total. The summed E-state index contributed by atoms with van der Waals surface area (Å²) >= 11 is 0. The van der Waals surface area contributed by atoms with Crippen molar-refractivity contribution in [2.45, 2.75) is 32.4 Å². The smallest absolute Gasteiger partial charge is 0.211 e. The molecule has 88 valence electrons. The molecule has 0 N–H and O–H groups in total. The largest absolute Gasteiger partial charge is 0.235 e. The van der Waals surface area contributed by atoms with E-state index in [-0.39, 0.29) is 6.04 Å². The first kappa shape index (κ1) is 13.0. The highest BCUT2D eigenvalue weighted by molar-refractivity contribution is 5.39. The van der Waals surface area contributed by atoms with Gasteiger partial charge in [0.25, 0.3) is 0 Å². The van der Waals surface area contributed by atoms with Crippen LogP contribution in [0, 0.1) is 0 Å². The highest BCUT2D eigenvalue weighted by atomic mass is 16.1. The van der Waals surface area contributed by atoms with E-state index in [0.29, 0.717) is 0 Å². The second kappa shape index (κ2) is 5.35. The van der Waals surface area contributed by atoms with Crippen LogP contribution in [-0.2, 0) is 15.1 Å². The van der Waals surface area contributed by atoms with Crippen LogP contribution in [0.25, 0.3) is 0 Å². The molecule has 0 aliphatic heterocycles. The van der Waals surface area contributed by atoms with Crippen LogP contribution in [0.1, 0.15) is 37.9 Å². The Bertz CT molecular complexity index is 496. The van der Waals surface area contributed by atoms with Gasteiger partial charge in [-0.3, -0.25) is 0 Å². The van der Waals surface area contributed by atoms with Crippen molar-refractivity contribution in [1.82, 2.24) is 0 Å². The SMILES string of the molecule is CC(N=C=O)c1cccc(C(C)(C)N=C=O)c1. The monoisotopic (exact) mass is 230 g/mol. The molecule has 0 spiro atoms. The topological polar surface area (TPSA) is 58.9 Å². The summed E-state index contributed by atoms with van der Waals surface area (Å²) in [5.74, 6) is 0. The van der Waals surface area contributed by atoms with Gasteiger partial charge in [-0.25, -0.2) is 9.59 Å². The predicted molar refractivity (Wildman–Crippen MR) is 64.1 cm³/mol. The molecule has 17 heavy (non-hydrogen) atoms. The van der Waals surface area contributed by atoms with Gasteiger partial charge in [0, 0.05) is 0 Å². The molecule has 1 rings (SSSR count). The van der Waals surface area contributed by atoms with Crippen LogP contribution in [-0.4, -0.2) is 12.2 Å². The van der Waals surface area contributed by atoms with E-state index < -0.39 is 5.54 Å². The third-order valence-electron chi connectivity index (χ3n) is 2.65. The number of isocyanates is 2. The minimum absolute atomic E-state index is 0.247. The predicted octanol–water partition coefficient (Wildman–Crippen LogP) is 2.65. The van der Waals surface area contributed by atoms with E-state index in [2.05, 4.69) is 9.98 Å². The molecular weight excluding hydrogens is 216 g/mol. The van der Waals surface area contributed by atoms with Crippen LogP contribution in [0.2, 0.25) is 0 Å². The molecule has 0 saturated heterocycles. The van der Waals surface area contributed by atoms with Crippen molar-refractivity contribution < 1.29 is 9.59 Å². The fraction of sp³-hybridized carbons (Fsp3) is 0.385. The highest BCUT2D eigenvalue weighted by Gasteiger charge is 2.20. The minimum atomic E-state index is -0.623. The Balaban J connectivity index is 3.17. The van der Waals surface area contributed by atoms with E-state index in [9.17, 15) is 9.59 Å². The molecule has 1 aromatic rings. The summed E-state index contributed by atoms with van der Waals surface area (Å²) in [5, 5.41) is 0. The highest BCUT2D eigenvalue weighted by Crippen LogP contribution is 2.27. The van der Waals surface area contributed by atoms with Gasteiger partial charge in [-0.15, -0.1) is 0 Å². The molecule has 0 saturated carbocycles. The van der Waals surface area contributed by atoms with Crippen LogP contribution < -0.4 is 0 Å². The van der Waals surface area contributed by atoms with E-state index in [1.54, 1.807) is 13.0 Å². The van der Waals surface area contributed by atoms with Gasteiger partial charge in [0.05, 0.1) is 11.6 Å². The van der Waals surface area contributed by atoms with Gasteiger partial charge in [0.15, 0.2) is 0 Å². The first-order chi connectivity index (χ1) is 8.01. The number of benzene rings is 1. The van der Waals surface area contributed by atoms with Crippen LogP contribution in [0.4, 0.5) is 0 Å². The Morgan fingerprint density at radius 3 is 2.53 bits per heavy atom. The van der Waals surface area contributed by atoms with Crippen molar-refractivity contribution in [3.63, 3.8) is 0 Å². The lowest BCUT2D eigenvalue weighted by atomic mass is 9.92. The van der Waals surface area contributed by atoms with Crippen molar-refractivity contribution in [2.75, 3.05) is 0 Å². The number of rotatable bonds is 4. The van der Waals surface area contributed by atoms with Crippen LogP contribution in [0.3, 0.4) is 0 Å². The lowest BCUT2D eigenvalue weighted by Gasteiger charge is -2.19. The summed E-state index contributed by atoms with van der Waals surface area (Å²) in [5.41, 5.74) is 1.15. The average Bonchev–Trinajstić information content (AvgIpc) is 2.29. The normalized spacial score (nSPS) is 12.2. The van der Waals surface area contributed by atoms with Crippen molar-refractivity contribution in [1.29, 1.82) is 0 Å². The Labute approximate surface area is 100 Å².